The van der Waals surface area contributed by atoms with Gasteiger partial charge in [-0.15, -0.1) is 0 Å². The van der Waals surface area contributed by atoms with Crippen LogP contribution in [0.15, 0.2) is 0 Å². The maximum absolute atomic E-state index is 9.85. The normalized spacial score (nSPS) is 13.3. The van der Waals surface area contributed by atoms with E-state index in [1.807, 2.05) is 4.90 Å². The minimum absolute atomic E-state index is 0.0297. The highest BCUT2D eigenvalue weighted by Gasteiger charge is 2.24. The fourth-order valence-electron chi connectivity index (χ4n) is 6.30. The Labute approximate surface area is 446 Å². The highest BCUT2D eigenvalue weighted by Crippen LogP contribution is 2.11. The van der Waals surface area contributed by atoms with Gasteiger partial charge < -0.3 is 116 Å². The summed E-state index contributed by atoms with van der Waals surface area (Å²) < 4.78 is 101. The minimum Gasteiger partial charge on any atom is -0.396 e. The van der Waals surface area contributed by atoms with Gasteiger partial charge in [-0.25, -0.2) is 0 Å². The molecular weight excluding hydrogens is 1000 g/mol. The quantitative estimate of drug-likeness (QED) is 0.0257. The van der Waals surface area contributed by atoms with E-state index in [0.717, 1.165) is 0 Å². The lowest BCUT2D eigenvalue weighted by Crippen LogP contribution is -2.41. The molecule has 0 aliphatic rings. The van der Waals surface area contributed by atoms with E-state index in [2.05, 4.69) is 9.80 Å². The average molecular weight is 1100 g/mol. The molecule has 452 valence electrons. The molecule has 0 spiro atoms. The first kappa shape index (κ1) is 73.9. The first-order valence-electron chi connectivity index (χ1n) is 26.2. The lowest BCUT2D eigenvalue weighted by molar-refractivity contribution is -0.169. The molecule has 0 radical (unpaired) electrons. The van der Waals surface area contributed by atoms with Crippen LogP contribution >= 0.6 is 0 Å². The van der Waals surface area contributed by atoms with Crippen molar-refractivity contribution in [1.82, 2.24) is 14.7 Å². The molecule has 0 fully saturated rings. The summed E-state index contributed by atoms with van der Waals surface area (Å²) in [6, 6.07) is 0. The Morgan fingerprint density at radius 3 is 1.09 bits per heavy atom. The summed E-state index contributed by atoms with van der Waals surface area (Å²) in [6.45, 7) is 12.8. The van der Waals surface area contributed by atoms with Crippen molar-refractivity contribution in [1.29, 1.82) is 0 Å². The smallest absolute Gasteiger partial charge is 0.147 e. The number of methoxy groups -OCH3 is 2. The molecule has 75 heavy (non-hydrogen) atoms. The first-order chi connectivity index (χ1) is 37.0. The van der Waals surface area contributed by atoms with Gasteiger partial charge in [0.1, 0.15) is 32.6 Å². The summed E-state index contributed by atoms with van der Waals surface area (Å²) in [7, 11) is 3.17. The summed E-state index contributed by atoms with van der Waals surface area (Å²) >= 11 is 0. The zero-order valence-corrected chi connectivity index (χ0v) is 45.5. The van der Waals surface area contributed by atoms with Crippen LogP contribution in [0.25, 0.3) is 0 Å². The highest BCUT2D eigenvalue weighted by atomic mass is 16.7. The second-order valence-corrected chi connectivity index (χ2v) is 16.1. The molecule has 0 saturated carbocycles. The van der Waals surface area contributed by atoms with Gasteiger partial charge in [0, 0.05) is 73.2 Å². The molecule has 3 atom stereocenters. The van der Waals surface area contributed by atoms with Crippen molar-refractivity contribution in [3.63, 3.8) is 0 Å². The monoisotopic (exact) mass is 1100 g/mol. The van der Waals surface area contributed by atoms with Crippen LogP contribution in [-0.2, 0) is 85.3 Å². The van der Waals surface area contributed by atoms with Crippen molar-refractivity contribution >= 4 is 0 Å². The molecule has 27 nitrogen and oxygen atoms in total. The Bertz CT molecular complexity index is 1050. The maximum atomic E-state index is 9.85. The van der Waals surface area contributed by atoms with Crippen molar-refractivity contribution in [2.75, 3.05) is 292 Å². The fourth-order valence-corrected chi connectivity index (χ4v) is 6.30. The predicted molar refractivity (Wildman–Crippen MR) is 271 cm³/mol. The van der Waals surface area contributed by atoms with E-state index >= 15 is 0 Å². The van der Waals surface area contributed by atoms with Gasteiger partial charge in [0.05, 0.1) is 204 Å². The number of hydrogen-bond donors (Lipinski definition) is 6. The van der Waals surface area contributed by atoms with Crippen molar-refractivity contribution < 1.29 is 116 Å². The van der Waals surface area contributed by atoms with Gasteiger partial charge in [0.2, 0.25) is 0 Å². The van der Waals surface area contributed by atoms with Crippen LogP contribution < -0.4 is 0 Å². The van der Waals surface area contributed by atoms with Crippen molar-refractivity contribution in [2.45, 2.75) is 24.7 Å². The second-order valence-electron chi connectivity index (χ2n) is 16.1. The van der Waals surface area contributed by atoms with E-state index in [1.54, 1.807) is 14.2 Å². The molecule has 0 aromatic heterocycles. The second kappa shape index (κ2) is 62.1. The Balaban J connectivity index is 4.89. The van der Waals surface area contributed by atoms with Crippen LogP contribution in [0.5, 0.6) is 0 Å². The van der Waals surface area contributed by atoms with Crippen LogP contribution in [0.4, 0.5) is 0 Å². The van der Waals surface area contributed by atoms with Gasteiger partial charge in [-0.2, -0.15) is 0 Å². The van der Waals surface area contributed by atoms with E-state index in [4.69, 9.17) is 106 Å². The van der Waals surface area contributed by atoms with Crippen LogP contribution in [0, 0.1) is 0 Å². The average Bonchev–Trinajstić information content (AvgIpc) is 3.42. The minimum atomic E-state index is -0.537. The summed E-state index contributed by atoms with van der Waals surface area (Å²) in [4.78, 5) is 6.26. The zero-order chi connectivity index (χ0) is 54.6. The molecule has 0 heterocycles. The Hall–Kier alpha value is -1.08. The standard InChI is InChI=1S/C48H101N3O24/c1-58-31-32-71-43-68-23-7-50(9-25-70-45-75-48(41-59-2)47(3-12-52)74-42-51(10-20-60-26-13-53)11-21-61-27-14-54)8-24-69-44-72-38-37-67-40-46(73-30-17-57)39-66-22-6-49(4-18-62-33-35-64-28-15-55)5-19-63-34-36-65-29-16-56/h46-48,52-57H,3-45H2,1-2H3. The topological polar surface area (TPSA) is 297 Å². The first-order valence-corrected chi connectivity index (χ1v) is 26.2. The van der Waals surface area contributed by atoms with Gasteiger partial charge in [-0.05, 0) is 6.42 Å². The molecule has 0 aliphatic heterocycles. The number of nitrogens with zero attached hydrogens (tertiary/aromatic N) is 3. The van der Waals surface area contributed by atoms with Gasteiger partial charge in [-0.3, -0.25) is 14.7 Å². The van der Waals surface area contributed by atoms with E-state index < -0.39 is 18.3 Å². The number of hydrogen-bond acceptors (Lipinski definition) is 27. The largest absolute Gasteiger partial charge is 0.396 e. The lowest BCUT2D eigenvalue weighted by atomic mass is 10.1. The molecule has 0 saturated heterocycles. The summed E-state index contributed by atoms with van der Waals surface area (Å²) in [5, 5.41) is 55.1. The SMILES string of the molecule is COCCOCOCCN(CCOCOCCOCC(COCCN(CCOCCOCCO)CCOCCOCCO)OCCO)CCOCOC(COC)C(CCO)OCN(CCOCCO)CCOCCO. The number of ether oxygens (including phenoxy) is 18. The van der Waals surface area contributed by atoms with Gasteiger partial charge in [0.15, 0.2) is 0 Å². The molecule has 0 bridgehead atoms. The number of aliphatic hydroxyl groups excluding tert-OH is 6. The molecule has 0 aromatic rings. The van der Waals surface area contributed by atoms with Crippen LogP contribution in [0.2, 0.25) is 0 Å². The van der Waals surface area contributed by atoms with Crippen LogP contribution in [0.3, 0.4) is 0 Å². The zero-order valence-electron chi connectivity index (χ0n) is 45.5. The summed E-state index contributed by atoms with van der Waals surface area (Å²) in [6.07, 6.45) is -1.15. The summed E-state index contributed by atoms with van der Waals surface area (Å²) in [5.74, 6) is 0. The molecule has 0 rings (SSSR count). The Morgan fingerprint density at radius 2 is 0.640 bits per heavy atom. The lowest BCUT2D eigenvalue weighted by Gasteiger charge is -2.30. The third-order valence-corrected chi connectivity index (χ3v) is 10.3. The number of aliphatic hydroxyl groups is 6. The molecule has 6 N–H and O–H groups in total. The van der Waals surface area contributed by atoms with E-state index in [1.165, 1.54) is 0 Å². The molecule has 0 aliphatic carbocycles. The van der Waals surface area contributed by atoms with Crippen LogP contribution in [-0.4, -0.2) is 356 Å². The molecule has 0 amide bonds. The fraction of sp³-hybridized carbons (Fsp3) is 1.00. The van der Waals surface area contributed by atoms with Gasteiger partial charge >= 0.3 is 0 Å². The Kier molecular flexibility index (Phi) is 61.2. The van der Waals surface area contributed by atoms with E-state index in [-0.39, 0.29) is 126 Å². The molecule has 27 heteroatoms. The van der Waals surface area contributed by atoms with Gasteiger partial charge in [-0.1, -0.05) is 0 Å². The predicted octanol–water partition coefficient (Wildman–Crippen LogP) is -3.27. The van der Waals surface area contributed by atoms with Gasteiger partial charge in [0.25, 0.3) is 0 Å². The third-order valence-electron chi connectivity index (χ3n) is 10.3. The molecule has 0 aromatic carbocycles. The Morgan fingerprint density at radius 1 is 0.280 bits per heavy atom. The number of rotatable bonds is 66. The van der Waals surface area contributed by atoms with Crippen LogP contribution in [0.1, 0.15) is 6.42 Å². The van der Waals surface area contributed by atoms with E-state index in [0.29, 0.717) is 158 Å². The molecule has 3 unspecified atom stereocenters. The van der Waals surface area contributed by atoms with Crippen molar-refractivity contribution in [3.05, 3.63) is 0 Å². The van der Waals surface area contributed by atoms with Crippen molar-refractivity contribution in [3.8, 4) is 0 Å². The molecular formula is C48H101N3O24. The highest BCUT2D eigenvalue weighted by molar-refractivity contribution is 4.71. The third kappa shape index (κ3) is 52.1. The summed E-state index contributed by atoms with van der Waals surface area (Å²) in [5.41, 5.74) is 0. The van der Waals surface area contributed by atoms with E-state index in [9.17, 15) is 10.2 Å². The maximum Gasteiger partial charge on any atom is 0.147 e. The van der Waals surface area contributed by atoms with Crippen molar-refractivity contribution in [2.24, 2.45) is 0 Å².